The van der Waals surface area contributed by atoms with Crippen LogP contribution in [0.1, 0.15) is 30.7 Å². The Balaban J connectivity index is 0.00000161. The molecule has 1 aliphatic carbocycles. The highest BCUT2D eigenvalue weighted by atomic mass is 127. The molecular weight excluding hydrogens is 377 g/mol. The summed E-state index contributed by atoms with van der Waals surface area (Å²) in [6.07, 6.45) is 3.78. The van der Waals surface area contributed by atoms with E-state index in [4.69, 9.17) is 4.74 Å². The number of para-hydroxylation sites is 1. The molecular formula is C16H24IN3O. The molecule has 5 heteroatoms. The number of hydrogen-bond acceptors (Lipinski definition) is 2. The predicted octanol–water partition coefficient (Wildman–Crippen LogP) is 2.75. The van der Waals surface area contributed by atoms with Gasteiger partial charge in [0.25, 0.3) is 0 Å². The van der Waals surface area contributed by atoms with Crippen LogP contribution in [0.5, 0.6) is 5.75 Å². The van der Waals surface area contributed by atoms with E-state index in [1.165, 1.54) is 18.4 Å². The lowest BCUT2D eigenvalue weighted by molar-refractivity contribution is 0.267. The number of nitrogens with one attached hydrogen (secondary N) is 2. The number of guanidine groups is 1. The average molecular weight is 401 g/mol. The zero-order chi connectivity index (χ0) is 13.8. The molecule has 2 N–H and O–H groups in total. The van der Waals surface area contributed by atoms with Gasteiger partial charge in [0.05, 0.1) is 6.61 Å². The quantitative estimate of drug-likeness (QED) is 0.464. The van der Waals surface area contributed by atoms with Crippen molar-refractivity contribution in [2.45, 2.75) is 25.2 Å². The Kier molecular flexibility index (Phi) is 6.14. The second-order valence-electron chi connectivity index (χ2n) is 5.65. The highest BCUT2D eigenvalue weighted by Gasteiger charge is 2.23. The average Bonchev–Trinajstić information content (AvgIpc) is 3.32. The number of hydrogen-bond donors (Lipinski definition) is 2. The van der Waals surface area contributed by atoms with E-state index in [0.717, 1.165) is 43.7 Å². The number of ether oxygens (including phenoxy) is 1. The van der Waals surface area contributed by atoms with Crippen molar-refractivity contribution in [1.29, 1.82) is 0 Å². The molecule has 1 aromatic carbocycles. The Labute approximate surface area is 143 Å². The molecule has 4 nitrogen and oxygen atoms in total. The van der Waals surface area contributed by atoms with Gasteiger partial charge in [-0.25, -0.2) is 0 Å². The maximum atomic E-state index is 5.70. The molecule has 1 aliphatic heterocycles. The smallest absolute Gasteiger partial charge is 0.191 e. The summed E-state index contributed by atoms with van der Waals surface area (Å²) in [5.41, 5.74) is 1.31. The maximum absolute atomic E-state index is 5.70. The molecule has 116 valence electrons. The van der Waals surface area contributed by atoms with Crippen LogP contribution < -0.4 is 15.4 Å². The second kappa shape index (κ2) is 7.87. The molecule has 0 saturated heterocycles. The molecule has 21 heavy (non-hydrogen) atoms. The first-order valence-electron chi connectivity index (χ1n) is 7.53. The summed E-state index contributed by atoms with van der Waals surface area (Å²) >= 11 is 0. The van der Waals surface area contributed by atoms with E-state index >= 15 is 0 Å². The minimum Gasteiger partial charge on any atom is -0.493 e. The van der Waals surface area contributed by atoms with Gasteiger partial charge in [-0.3, -0.25) is 4.99 Å². The minimum atomic E-state index is 0. The van der Waals surface area contributed by atoms with E-state index in [1.54, 1.807) is 0 Å². The maximum Gasteiger partial charge on any atom is 0.191 e. The lowest BCUT2D eigenvalue weighted by atomic mass is 9.93. The Morgan fingerprint density at radius 1 is 1.19 bits per heavy atom. The number of rotatable bonds is 4. The van der Waals surface area contributed by atoms with Gasteiger partial charge < -0.3 is 15.4 Å². The highest BCUT2D eigenvalue weighted by Crippen LogP contribution is 2.32. The second-order valence-corrected chi connectivity index (χ2v) is 5.65. The largest absolute Gasteiger partial charge is 0.493 e. The van der Waals surface area contributed by atoms with Crippen molar-refractivity contribution in [3.05, 3.63) is 29.8 Å². The fourth-order valence-corrected chi connectivity index (χ4v) is 2.63. The van der Waals surface area contributed by atoms with Gasteiger partial charge in [-0.05, 0) is 36.8 Å². The Morgan fingerprint density at radius 3 is 2.71 bits per heavy atom. The number of benzene rings is 1. The zero-order valence-corrected chi connectivity index (χ0v) is 14.8. The third kappa shape index (κ3) is 4.49. The lowest BCUT2D eigenvalue weighted by Crippen LogP contribution is -2.40. The van der Waals surface area contributed by atoms with Gasteiger partial charge in [0.15, 0.2) is 5.96 Å². The molecule has 1 unspecified atom stereocenters. The fourth-order valence-electron chi connectivity index (χ4n) is 2.63. The first-order valence-corrected chi connectivity index (χ1v) is 7.53. The minimum absolute atomic E-state index is 0. The number of halogens is 1. The standard InChI is InChI=1S/C16H23N3O.HI/c1-17-16(18-10-12-6-7-12)19-11-13-8-9-20-15-5-3-2-4-14(13)15;/h2-5,12-13H,6-11H2,1H3,(H2,17,18,19);1H. The van der Waals surface area contributed by atoms with E-state index in [0.29, 0.717) is 5.92 Å². The van der Waals surface area contributed by atoms with Crippen molar-refractivity contribution < 1.29 is 4.74 Å². The molecule has 1 fully saturated rings. The summed E-state index contributed by atoms with van der Waals surface area (Å²) in [7, 11) is 1.83. The summed E-state index contributed by atoms with van der Waals surface area (Å²) in [4.78, 5) is 4.29. The van der Waals surface area contributed by atoms with E-state index < -0.39 is 0 Å². The van der Waals surface area contributed by atoms with Gasteiger partial charge in [0.1, 0.15) is 5.75 Å². The molecule has 0 spiro atoms. The van der Waals surface area contributed by atoms with Gasteiger partial charge in [-0.15, -0.1) is 24.0 Å². The monoisotopic (exact) mass is 401 g/mol. The van der Waals surface area contributed by atoms with Crippen LogP contribution in [0.15, 0.2) is 29.3 Å². The first-order chi connectivity index (χ1) is 9.86. The number of nitrogens with zero attached hydrogens (tertiary/aromatic N) is 1. The van der Waals surface area contributed by atoms with Crippen molar-refractivity contribution in [3.8, 4) is 5.75 Å². The van der Waals surface area contributed by atoms with Crippen LogP contribution in [-0.2, 0) is 0 Å². The molecule has 0 aromatic heterocycles. The molecule has 2 aliphatic rings. The number of fused-ring (bicyclic) bond motifs is 1. The highest BCUT2D eigenvalue weighted by molar-refractivity contribution is 14.0. The summed E-state index contributed by atoms with van der Waals surface area (Å²) in [5, 5.41) is 6.85. The third-order valence-corrected chi connectivity index (χ3v) is 4.08. The first kappa shape index (κ1) is 16.4. The van der Waals surface area contributed by atoms with Gasteiger partial charge in [-0.2, -0.15) is 0 Å². The Morgan fingerprint density at radius 2 is 1.95 bits per heavy atom. The molecule has 0 bridgehead atoms. The van der Waals surface area contributed by atoms with Crippen molar-refractivity contribution in [3.63, 3.8) is 0 Å². The molecule has 1 heterocycles. The van der Waals surface area contributed by atoms with Crippen LogP contribution in [0, 0.1) is 5.92 Å². The van der Waals surface area contributed by atoms with Crippen LogP contribution in [0.25, 0.3) is 0 Å². The number of aliphatic imine (C=N–C) groups is 1. The molecule has 0 radical (unpaired) electrons. The van der Waals surface area contributed by atoms with E-state index in [9.17, 15) is 0 Å². The summed E-state index contributed by atoms with van der Waals surface area (Å²) < 4.78 is 5.70. The van der Waals surface area contributed by atoms with E-state index in [2.05, 4.69) is 33.8 Å². The van der Waals surface area contributed by atoms with Crippen molar-refractivity contribution in [2.75, 3.05) is 26.7 Å². The van der Waals surface area contributed by atoms with E-state index in [1.807, 2.05) is 13.1 Å². The SMILES string of the molecule is CN=C(NCC1CC1)NCC1CCOc2ccccc21.I. The van der Waals surface area contributed by atoms with E-state index in [-0.39, 0.29) is 24.0 Å². The summed E-state index contributed by atoms with van der Waals surface area (Å²) in [6, 6.07) is 8.34. The summed E-state index contributed by atoms with van der Waals surface area (Å²) in [5.74, 6) is 3.31. The predicted molar refractivity (Wildman–Crippen MR) is 96.8 cm³/mol. The lowest BCUT2D eigenvalue weighted by Gasteiger charge is -2.26. The normalized spacial score (nSPS) is 20.8. The third-order valence-electron chi connectivity index (χ3n) is 4.08. The van der Waals surface area contributed by atoms with Crippen LogP contribution >= 0.6 is 24.0 Å². The molecule has 1 aromatic rings. The Hall–Kier alpha value is -0.980. The molecule has 1 saturated carbocycles. The van der Waals surface area contributed by atoms with Crippen molar-refractivity contribution >= 4 is 29.9 Å². The van der Waals surface area contributed by atoms with Crippen molar-refractivity contribution in [1.82, 2.24) is 10.6 Å². The molecule has 0 amide bonds. The Bertz CT molecular complexity index is 488. The zero-order valence-electron chi connectivity index (χ0n) is 12.5. The van der Waals surface area contributed by atoms with Gasteiger partial charge in [0.2, 0.25) is 0 Å². The van der Waals surface area contributed by atoms with Crippen LogP contribution in [0.4, 0.5) is 0 Å². The summed E-state index contributed by atoms with van der Waals surface area (Å²) in [6.45, 7) is 2.76. The fraction of sp³-hybridized carbons (Fsp3) is 0.562. The van der Waals surface area contributed by atoms with Crippen LogP contribution in [-0.4, -0.2) is 32.7 Å². The van der Waals surface area contributed by atoms with Crippen LogP contribution in [0.3, 0.4) is 0 Å². The topological polar surface area (TPSA) is 45.7 Å². The molecule has 1 atom stereocenters. The van der Waals surface area contributed by atoms with Gasteiger partial charge >= 0.3 is 0 Å². The van der Waals surface area contributed by atoms with Crippen molar-refractivity contribution in [2.24, 2.45) is 10.9 Å². The molecule has 3 rings (SSSR count). The van der Waals surface area contributed by atoms with Crippen LogP contribution in [0.2, 0.25) is 0 Å². The van der Waals surface area contributed by atoms with Gasteiger partial charge in [-0.1, -0.05) is 18.2 Å². The van der Waals surface area contributed by atoms with Gasteiger partial charge in [0, 0.05) is 26.1 Å².